The summed E-state index contributed by atoms with van der Waals surface area (Å²) in [6, 6.07) is 18.4. The molecule has 0 bridgehead atoms. The Morgan fingerprint density at radius 3 is 2.36 bits per heavy atom. The molecular formula is C30H33ClN4O4. The number of ether oxygens (including phenoxy) is 1. The second kappa shape index (κ2) is 13.8. The fourth-order valence-corrected chi connectivity index (χ4v) is 4.88. The van der Waals surface area contributed by atoms with Crippen molar-refractivity contribution in [1.82, 2.24) is 10.3 Å². The average Bonchev–Trinajstić information content (AvgIpc) is 3.46. The van der Waals surface area contributed by atoms with E-state index in [9.17, 15) is 14.4 Å². The molecule has 3 amide bonds. The number of nitrogens with one attached hydrogen (secondary N) is 2. The number of hydrogen-bond donors (Lipinski definition) is 2. The summed E-state index contributed by atoms with van der Waals surface area (Å²) < 4.78 is 5.30. The summed E-state index contributed by atoms with van der Waals surface area (Å²) in [7, 11) is 1.57. The summed E-state index contributed by atoms with van der Waals surface area (Å²) in [6.07, 6.45) is 6.08. The molecule has 1 fully saturated rings. The SMILES string of the molecule is COc1ccc(N(C(=O)CCCC(=O)Nc2ccccn2)[C@H](C(=O)NC2CCCC2)c2ccc(Cl)cc2)cc1. The van der Waals surface area contributed by atoms with Crippen molar-refractivity contribution in [3.05, 3.63) is 83.5 Å². The van der Waals surface area contributed by atoms with Gasteiger partial charge in [0.1, 0.15) is 17.6 Å². The number of rotatable bonds is 11. The van der Waals surface area contributed by atoms with E-state index >= 15 is 0 Å². The van der Waals surface area contributed by atoms with E-state index < -0.39 is 6.04 Å². The Labute approximate surface area is 233 Å². The monoisotopic (exact) mass is 548 g/mol. The molecule has 3 aromatic rings. The third kappa shape index (κ3) is 7.80. The quantitative estimate of drug-likeness (QED) is 0.321. The topological polar surface area (TPSA) is 101 Å². The first kappa shape index (κ1) is 28.1. The zero-order chi connectivity index (χ0) is 27.6. The van der Waals surface area contributed by atoms with E-state index in [1.165, 1.54) is 4.90 Å². The van der Waals surface area contributed by atoms with Crippen LogP contribution in [0.25, 0.3) is 0 Å². The van der Waals surface area contributed by atoms with Crippen LogP contribution in [-0.2, 0) is 14.4 Å². The highest BCUT2D eigenvalue weighted by molar-refractivity contribution is 6.30. The number of hydrogen-bond acceptors (Lipinski definition) is 5. The Bertz CT molecular complexity index is 1250. The van der Waals surface area contributed by atoms with Crippen LogP contribution < -0.4 is 20.3 Å². The van der Waals surface area contributed by atoms with Gasteiger partial charge < -0.3 is 15.4 Å². The first-order valence-corrected chi connectivity index (χ1v) is 13.5. The lowest BCUT2D eigenvalue weighted by Gasteiger charge is -2.32. The predicted octanol–water partition coefficient (Wildman–Crippen LogP) is 5.69. The zero-order valence-corrected chi connectivity index (χ0v) is 22.7. The van der Waals surface area contributed by atoms with Gasteiger partial charge in [-0.1, -0.05) is 42.6 Å². The second-order valence-corrected chi connectivity index (χ2v) is 9.96. The van der Waals surface area contributed by atoms with Crippen molar-refractivity contribution in [2.24, 2.45) is 0 Å². The molecule has 0 aliphatic heterocycles. The van der Waals surface area contributed by atoms with E-state index in [1.807, 2.05) is 0 Å². The number of anilines is 2. The highest BCUT2D eigenvalue weighted by Gasteiger charge is 2.34. The van der Waals surface area contributed by atoms with Gasteiger partial charge in [-0.15, -0.1) is 0 Å². The van der Waals surface area contributed by atoms with Crippen molar-refractivity contribution in [1.29, 1.82) is 0 Å². The lowest BCUT2D eigenvalue weighted by Crippen LogP contribution is -2.46. The highest BCUT2D eigenvalue weighted by Crippen LogP contribution is 2.32. The number of pyridine rings is 1. The molecule has 0 saturated heterocycles. The van der Waals surface area contributed by atoms with Crippen LogP contribution in [0.2, 0.25) is 5.02 Å². The highest BCUT2D eigenvalue weighted by atomic mass is 35.5. The Balaban J connectivity index is 1.57. The molecule has 8 nitrogen and oxygen atoms in total. The van der Waals surface area contributed by atoms with Crippen molar-refractivity contribution in [2.45, 2.75) is 57.0 Å². The van der Waals surface area contributed by atoms with Gasteiger partial charge in [-0.3, -0.25) is 19.3 Å². The maximum atomic E-state index is 13.8. The molecule has 0 spiro atoms. The van der Waals surface area contributed by atoms with Crippen molar-refractivity contribution in [2.75, 3.05) is 17.3 Å². The minimum Gasteiger partial charge on any atom is -0.497 e. The first-order valence-electron chi connectivity index (χ1n) is 13.2. The Morgan fingerprint density at radius 1 is 1.00 bits per heavy atom. The number of aromatic nitrogens is 1. The van der Waals surface area contributed by atoms with Gasteiger partial charge in [0.25, 0.3) is 0 Å². The van der Waals surface area contributed by atoms with Crippen LogP contribution in [0, 0.1) is 0 Å². The van der Waals surface area contributed by atoms with Gasteiger partial charge in [0.15, 0.2) is 0 Å². The van der Waals surface area contributed by atoms with Gasteiger partial charge in [-0.2, -0.15) is 0 Å². The molecule has 2 aromatic carbocycles. The third-order valence-corrected chi connectivity index (χ3v) is 6.99. The van der Waals surface area contributed by atoms with Crippen LogP contribution in [0.5, 0.6) is 5.75 Å². The van der Waals surface area contributed by atoms with E-state index in [1.54, 1.807) is 80.0 Å². The number of benzene rings is 2. The van der Waals surface area contributed by atoms with Crippen LogP contribution in [0.4, 0.5) is 11.5 Å². The number of methoxy groups -OCH3 is 1. The summed E-state index contributed by atoms with van der Waals surface area (Å²) in [5.41, 5.74) is 1.20. The van der Waals surface area contributed by atoms with Gasteiger partial charge in [-0.05, 0) is 73.4 Å². The van der Waals surface area contributed by atoms with Gasteiger partial charge in [0, 0.05) is 35.8 Å². The summed E-state index contributed by atoms with van der Waals surface area (Å²) in [6.45, 7) is 0. The maximum Gasteiger partial charge on any atom is 0.248 e. The normalized spacial score (nSPS) is 13.9. The van der Waals surface area contributed by atoms with Crippen LogP contribution in [0.15, 0.2) is 72.9 Å². The minimum atomic E-state index is -0.911. The van der Waals surface area contributed by atoms with E-state index in [-0.39, 0.29) is 36.6 Å². The summed E-state index contributed by atoms with van der Waals surface area (Å²) >= 11 is 6.14. The number of carbonyl (C=O) groups is 3. The summed E-state index contributed by atoms with van der Waals surface area (Å²) in [5, 5.41) is 6.43. The smallest absolute Gasteiger partial charge is 0.248 e. The zero-order valence-electron chi connectivity index (χ0n) is 21.9. The van der Waals surface area contributed by atoms with E-state index in [4.69, 9.17) is 16.3 Å². The van der Waals surface area contributed by atoms with Crippen molar-refractivity contribution < 1.29 is 19.1 Å². The minimum absolute atomic E-state index is 0.0719. The molecule has 1 heterocycles. The molecule has 9 heteroatoms. The van der Waals surface area contributed by atoms with Crippen LogP contribution in [-0.4, -0.2) is 35.9 Å². The Hall–Kier alpha value is -3.91. The van der Waals surface area contributed by atoms with Crippen LogP contribution in [0.1, 0.15) is 56.6 Å². The molecule has 4 rings (SSSR count). The summed E-state index contributed by atoms with van der Waals surface area (Å²) in [4.78, 5) is 45.6. The molecule has 1 aliphatic carbocycles. The largest absolute Gasteiger partial charge is 0.497 e. The molecule has 0 unspecified atom stereocenters. The van der Waals surface area contributed by atoms with E-state index in [0.29, 0.717) is 34.3 Å². The number of carbonyl (C=O) groups excluding carboxylic acids is 3. The van der Waals surface area contributed by atoms with Crippen molar-refractivity contribution in [3.8, 4) is 5.75 Å². The van der Waals surface area contributed by atoms with Gasteiger partial charge in [0.2, 0.25) is 17.7 Å². The lowest BCUT2D eigenvalue weighted by molar-refractivity contribution is -0.127. The van der Waals surface area contributed by atoms with E-state index in [0.717, 1.165) is 25.7 Å². The molecular weight excluding hydrogens is 516 g/mol. The molecule has 1 saturated carbocycles. The molecule has 39 heavy (non-hydrogen) atoms. The number of amides is 3. The Morgan fingerprint density at radius 2 is 1.72 bits per heavy atom. The Kier molecular flexibility index (Phi) is 9.91. The van der Waals surface area contributed by atoms with Crippen LogP contribution >= 0.6 is 11.6 Å². The van der Waals surface area contributed by atoms with Gasteiger partial charge >= 0.3 is 0 Å². The standard InChI is InChI=1S/C30H33ClN4O4/c1-39-25-18-16-24(17-19-25)35(28(37)11-6-10-27(36)34-26-9-4-5-20-32-26)29(21-12-14-22(31)15-13-21)30(38)33-23-7-2-3-8-23/h4-5,9,12-20,23,29H,2-3,6-8,10-11H2,1H3,(H,33,38)(H,32,34,36)/t29-/m0/s1. The van der Waals surface area contributed by atoms with Crippen LogP contribution in [0.3, 0.4) is 0 Å². The third-order valence-electron chi connectivity index (χ3n) is 6.74. The fourth-order valence-electron chi connectivity index (χ4n) is 4.76. The number of nitrogens with zero attached hydrogens (tertiary/aromatic N) is 2. The van der Waals surface area contributed by atoms with E-state index in [2.05, 4.69) is 15.6 Å². The number of halogens is 1. The first-order chi connectivity index (χ1) is 18.9. The van der Waals surface area contributed by atoms with Gasteiger partial charge in [-0.25, -0.2) is 4.98 Å². The maximum absolute atomic E-state index is 13.8. The average molecular weight is 549 g/mol. The molecule has 0 radical (unpaired) electrons. The second-order valence-electron chi connectivity index (χ2n) is 9.52. The molecule has 1 aromatic heterocycles. The summed E-state index contributed by atoms with van der Waals surface area (Å²) in [5.74, 6) is 0.343. The molecule has 204 valence electrons. The predicted molar refractivity (Wildman–Crippen MR) is 152 cm³/mol. The molecule has 1 aliphatic rings. The molecule has 1 atom stereocenters. The van der Waals surface area contributed by atoms with Crippen molar-refractivity contribution >= 4 is 40.8 Å². The fraction of sp³-hybridized carbons (Fsp3) is 0.333. The lowest BCUT2D eigenvalue weighted by atomic mass is 10.0. The van der Waals surface area contributed by atoms with Crippen molar-refractivity contribution in [3.63, 3.8) is 0 Å². The van der Waals surface area contributed by atoms with Gasteiger partial charge in [0.05, 0.1) is 7.11 Å². The molecule has 2 N–H and O–H groups in total.